The van der Waals surface area contributed by atoms with Crippen LogP contribution in [0.2, 0.25) is 0 Å². The Balaban J connectivity index is 1.56. The second-order valence-corrected chi connectivity index (χ2v) is 10.1. The van der Waals surface area contributed by atoms with Crippen LogP contribution >= 0.6 is 0 Å². The van der Waals surface area contributed by atoms with Gasteiger partial charge in [-0.25, -0.2) is 9.97 Å². The molecular formula is C26H27N5O. The topological polar surface area (TPSA) is 81.9 Å². The van der Waals surface area contributed by atoms with E-state index < -0.39 is 5.41 Å². The molecule has 2 fully saturated rings. The van der Waals surface area contributed by atoms with Gasteiger partial charge >= 0.3 is 0 Å². The van der Waals surface area contributed by atoms with Gasteiger partial charge in [0.15, 0.2) is 5.82 Å². The predicted molar refractivity (Wildman–Crippen MR) is 125 cm³/mol. The van der Waals surface area contributed by atoms with Crippen molar-refractivity contribution in [2.24, 2.45) is 10.8 Å². The van der Waals surface area contributed by atoms with E-state index in [1.54, 1.807) is 6.07 Å². The molecule has 1 saturated carbocycles. The van der Waals surface area contributed by atoms with Crippen LogP contribution in [0.5, 0.6) is 0 Å². The highest BCUT2D eigenvalue weighted by Gasteiger charge is 2.56. The number of para-hydroxylation sites is 2. The van der Waals surface area contributed by atoms with Gasteiger partial charge in [-0.15, -0.1) is 0 Å². The molecule has 2 heterocycles. The molecule has 1 saturated heterocycles. The van der Waals surface area contributed by atoms with Gasteiger partial charge in [-0.3, -0.25) is 4.79 Å². The van der Waals surface area contributed by atoms with Gasteiger partial charge in [0.05, 0.1) is 28.7 Å². The predicted octanol–water partition coefficient (Wildman–Crippen LogP) is 4.30. The summed E-state index contributed by atoms with van der Waals surface area (Å²) in [6.45, 7) is 7.40. The van der Waals surface area contributed by atoms with Gasteiger partial charge in [0.1, 0.15) is 5.69 Å². The lowest BCUT2D eigenvalue weighted by atomic mass is 9.93. The van der Waals surface area contributed by atoms with Crippen LogP contribution in [0, 0.1) is 22.2 Å². The van der Waals surface area contributed by atoms with E-state index in [4.69, 9.17) is 9.97 Å². The van der Waals surface area contributed by atoms with Crippen LogP contribution in [0.4, 0.5) is 5.82 Å². The lowest BCUT2D eigenvalue weighted by Gasteiger charge is -2.24. The summed E-state index contributed by atoms with van der Waals surface area (Å²) >= 11 is 0. The molecule has 0 unspecified atom stereocenters. The maximum absolute atomic E-state index is 12.7. The third kappa shape index (κ3) is 3.58. The molecular weight excluding hydrogens is 398 g/mol. The fourth-order valence-corrected chi connectivity index (χ4v) is 4.51. The number of carbonyl (C=O) groups excluding carboxylic acids is 1. The van der Waals surface area contributed by atoms with E-state index in [9.17, 15) is 10.1 Å². The van der Waals surface area contributed by atoms with E-state index >= 15 is 0 Å². The van der Waals surface area contributed by atoms with Crippen molar-refractivity contribution in [1.82, 2.24) is 15.3 Å². The van der Waals surface area contributed by atoms with Crippen molar-refractivity contribution in [3.63, 3.8) is 0 Å². The average molecular weight is 426 g/mol. The first-order valence-electron chi connectivity index (χ1n) is 11.1. The monoisotopic (exact) mass is 425 g/mol. The number of amides is 1. The zero-order chi connectivity index (χ0) is 22.5. The third-order valence-electron chi connectivity index (χ3n) is 6.64. The smallest absolute Gasteiger partial charge is 0.225 e. The highest BCUT2D eigenvalue weighted by atomic mass is 16.2. The van der Waals surface area contributed by atoms with Crippen molar-refractivity contribution in [3.05, 3.63) is 54.1 Å². The first-order valence-corrected chi connectivity index (χ1v) is 11.1. The number of fused-ring (bicyclic) bond motifs is 1. The Hall–Kier alpha value is -3.46. The summed E-state index contributed by atoms with van der Waals surface area (Å²) in [7, 11) is 0. The highest BCUT2D eigenvalue weighted by Crippen LogP contribution is 2.54. The molecule has 1 spiro atoms. The molecule has 162 valence electrons. The van der Waals surface area contributed by atoms with Crippen LogP contribution in [-0.4, -0.2) is 35.0 Å². The lowest BCUT2D eigenvalue weighted by molar-refractivity contribution is -0.129. The Morgan fingerprint density at radius 2 is 1.84 bits per heavy atom. The molecule has 1 aromatic heterocycles. The molecule has 6 heteroatoms. The Kier molecular flexibility index (Phi) is 4.67. The van der Waals surface area contributed by atoms with Gasteiger partial charge < -0.3 is 10.2 Å². The summed E-state index contributed by atoms with van der Waals surface area (Å²) < 4.78 is 0. The maximum atomic E-state index is 12.7. The summed E-state index contributed by atoms with van der Waals surface area (Å²) in [5.41, 5.74) is 3.61. The molecule has 1 aliphatic carbocycles. The molecule has 1 N–H and O–H groups in total. The molecule has 2 aliphatic rings. The minimum Gasteiger partial charge on any atom is -0.352 e. The number of hydrogen-bond donors (Lipinski definition) is 1. The number of rotatable bonds is 3. The van der Waals surface area contributed by atoms with Gasteiger partial charge in [0.25, 0.3) is 0 Å². The second-order valence-electron chi connectivity index (χ2n) is 10.1. The van der Waals surface area contributed by atoms with Gasteiger partial charge in [0, 0.05) is 29.5 Å². The first-order chi connectivity index (χ1) is 15.3. The zero-order valence-corrected chi connectivity index (χ0v) is 18.7. The van der Waals surface area contributed by atoms with Crippen LogP contribution in [-0.2, 0) is 4.79 Å². The van der Waals surface area contributed by atoms with Gasteiger partial charge in [-0.2, -0.15) is 5.26 Å². The van der Waals surface area contributed by atoms with Crippen molar-refractivity contribution in [1.29, 1.82) is 5.26 Å². The van der Waals surface area contributed by atoms with E-state index in [0.717, 1.165) is 47.5 Å². The molecule has 0 radical (unpaired) electrons. The number of aromatic nitrogens is 2. The largest absolute Gasteiger partial charge is 0.352 e. The highest BCUT2D eigenvalue weighted by molar-refractivity contribution is 5.85. The molecule has 1 amide bonds. The van der Waals surface area contributed by atoms with Crippen molar-refractivity contribution in [3.8, 4) is 17.3 Å². The molecule has 1 atom stereocenters. The number of nitrogens with one attached hydrogen (secondary N) is 1. The molecule has 3 aromatic rings. The summed E-state index contributed by atoms with van der Waals surface area (Å²) in [6, 6.07) is 17.7. The number of nitrogens with zero attached hydrogens (tertiary/aromatic N) is 4. The SMILES string of the molecule is CC(C)(C)C(=O)N[C@@H]1CN(c2nc3ccccc3nc2-c2cccc(C#N)c2)CC12CC2. The minimum absolute atomic E-state index is 0.0853. The number of benzene rings is 2. The van der Waals surface area contributed by atoms with Crippen LogP contribution in [0.1, 0.15) is 39.2 Å². The van der Waals surface area contributed by atoms with Crippen LogP contribution < -0.4 is 10.2 Å². The van der Waals surface area contributed by atoms with E-state index in [1.807, 2.05) is 63.2 Å². The average Bonchev–Trinajstić information content (AvgIpc) is 3.48. The standard InChI is InChI=1S/C26H27N5O/c1-25(2,3)24(32)30-21-15-31(16-26(21)11-12-26)23-22(18-8-6-7-17(13-18)14-27)28-19-9-4-5-10-20(19)29-23/h4-10,13,21H,11-12,15-16H2,1-3H3,(H,30,32)/t21-/m1/s1. The minimum atomic E-state index is -0.421. The van der Waals surface area contributed by atoms with E-state index in [-0.39, 0.29) is 17.4 Å². The summed E-state index contributed by atoms with van der Waals surface area (Å²) in [4.78, 5) is 25.0. The summed E-state index contributed by atoms with van der Waals surface area (Å²) in [5.74, 6) is 0.903. The Morgan fingerprint density at radius 1 is 1.12 bits per heavy atom. The van der Waals surface area contributed by atoms with Crippen LogP contribution in [0.3, 0.4) is 0 Å². The Bertz CT molecular complexity index is 1250. The zero-order valence-electron chi connectivity index (χ0n) is 18.7. The normalized spacial score (nSPS) is 19.2. The molecule has 0 bridgehead atoms. The van der Waals surface area contributed by atoms with Gasteiger partial charge in [0.2, 0.25) is 5.91 Å². The van der Waals surface area contributed by atoms with E-state index in [0.29, 0.717) is 12.1 Å². The Morgan fingerprint density at radius 3 is 2.50 bits per heavy atom. The fourth-order valence-electron chi connectivity index (χ4n) is 4.51. The van der Waals surface area contributed by atoms with Gasteiger partial charge in [-0.1, -0.05) is 45.0 Å². The number of carbonyl (C=O) groups is 1. The van der Waals surface area contributed by atoms with Crippen molar-refractivity contribution >= 4 is 22.8 Å². The molecule has 32 heavy (non-hydrogen) atoms. The number of nitriles is 1. The first kappa shape index (κ1) is 20.4. The summed E-state index contributed by atoms with van der Waals surface area (Å²) in [5, 5.41) is 12.7. The maximum Gasteiger partial charge on any atom is 0.225 e. The molecule has 1 aliphatic heterocycles. The lowest BCUT2D eigenvalue weighted by Crippen LogP contribution is -2.46. The summed E-state index contributed by atoms with van der Waals surface area (Å²) in [6.07, 6.45) is 2.22. The fraction of sp³-hybridized carbons (Fsp3) is 0.385. The van der Waals surface area contributed by atoms with Crippen LogP contribution in [0.15, 0.2) is 48.5 Å². The van der Waals surface area contributed by atoms with E-state index in [2.05, 4.69) is 16.3 Å². The van der Waals surface area contributed by atoms with Gasteiger partial charge in [-0.05, 0) is 37.1 Å². The molecule has 2 aromatic carbocycles. The quantitative estimate of drug-likeness (QED) is 0.677. The third-order valence-corrected chi connectivity index (χ3v) is 6.64. The van der Waals surface area contributed by atoms with Crippen LogP contribution in [0.25, 0.3) is 22.3 Å². The Labute approximate surface area is 188 Å². The number of hydrogen-bond acceptors (Lipinski definition) is 5. The van der Waals surface area contributed by atoms with Crippen molar-refractivity contribution in [2.75, 3.05) is 18.0 Å². The van der Waals surface area contributed by atoms with Crippen molar-refractivity contribution in [2.45, 2.75) is 39.7 Å². The van der Waals surface area contributed by atoms with E-state index in [1.165, 1.54) is 0 Å². The molecule has 5 rings (SSSR count). The van der Waals surface area contributed by atoms with Crippen molar-refractivity contribution < 1.29 is 4.79 Å². The second kappa shape index (κ2) is 7.30. The number of anilines is 1. The molecule has 6 nitrogen and oxygen atoms in total.